The number of benzene rings is 4. The highest BCUT2D eigenvalue weighted by Crippen LogP contribution is 2.51. The number of carbonyl (C=O) groups excluding carboxylic acids is 1. The molecule has 0 atom stereocenters. The first-order chi connectivity index (χ1) is 25.7. The van der Waals surface area contributed by atoms with Gasteiger partial charge in [-0.1, -0.05) is 79.4 Å². The molecule has 7 nitrogen and oxygen atoms in total. The Morgan fingerprint density at radius 2 is 0.870 bits per heavy atom. The molecule has 54 heavy (non-hydrogen) atoms. The molecule has 0 aliphatic heterocycles. The van der Waals surface area contributed by atoms with Crippen molar-refractivity contribution in [1.82, 2.24) is 9.97 Å². The first kappa shape index (κ1) is 34.8. The summed E-state index contributed by atoms with van der Waals surface area (Å²) in [6, 6.07) is 27.8. The SMILES string of the molecule is C=C(c1ccc(-c2ccc3c(c2)C(=C(C#N)C#N)c2nc4c(nc2-3)C(=C(C#N)C#N)c2cc(-c3ccc(C(=O)C(F)(F)F)cc3)ccc2-4)cc1)C(F)(F)F. The van der Waals surface area contributed by atoms with Crippen LogP contribution in [0.4, 0.5) is 26.3 Å². The van der Waals surface area contributed by atoms with Crippen LogP contribution in [-0.2, 0) is 0 Å². The van der Waals surface area contributed by atoms with E-state index in [1.54, 1.807) is 36.4 Å². The van der Waals surface area contributed by atoms with Crippen molar-refractivity contribution in [2.24, 2.45) is 0 Å². The van der Waals surface area contributed by atoms with Gasteiger partial charge < -0.3 is 0 Å². The Balaban J connectivity index is 1.36. The maximum Gasteiger partial charge on any atom is 0.454 e. The largest absolute Gasteiger partial charge is 0.454 e. The molecule has 2 aliphatic rings. The van der Waals surface area contributed by atoms with Crippen LogP contribution in [0, 0.1) is 45.3 Å². The third kappa shape index (κ3) is 5.58. The Kier molecular flexibility index (Phi) is 8.10. The molecule has 7 rings (SSSR count). The number of Topliss-reactive ketones (excluding diaryl/α,β-unsaturated/α-hetero) is 1. The monoisotopic (exact) mass is 722 g/mol. The molecule has 2 aliphatic carbocycles. The molecule has 0 unspecified atom stereocenters. The number of nitriles is 4. The van der Waals surface area contributed by atoms with Crippen molar-refractivity contribution in [2.75, 3.05) is 0 Å². The molecule has 0 N–H and O–H groups in total. The second-order valence-electron chi connectivity index (χ2n) is 12.0. The van der Waals surface area contributed by atoms with Crippen molar-refractivity contribution in [3.05, 3.63) is 136 Å². The van der Waals surface area contributed by atoms with Gasteiger partial charge in [0.1, 0.15) is 46.8 Å². The second kappa shape index (κ2) is 12.6. The Morgan fingerprint density at radius 1 is 0.500 bits per heavy atom. The lowest BCUT2D eigenvalue weighted by atomic mass is 9.95. The summed E-state index contributed by atoms with van der Waals surface area (Å²) in [5.41, 5.74) is 2.57. The molecule has 258 valence electrons. The van der Waals surface area contributed by atoms with Crippen molar-refractivity contribution >= 4 is 22.5 Å². The van der Waals surface area contributed by atoms with Gasteiger partial charge in [0.15, 0.2) is 0 Å². The lowest BCUT2D eigenvalue weighted by molar-refractivity contribution is -0.0885. The number of aromatic nitrogens is 2. The van der Waals surface area contributed by atoms with E-state index in [1.165, 1.54) is 36.4 Å². The zero-order valence-electron chi connectivity index (χ0n) is 27.1. The lowest BCUT2D eigenvalue weighted by Gasteiger charge is -2.11. The normalized spacial score (nSPS) is 12.3. The van der Waals surface area contributed by atoms with Crippen LogP contribution >= 0.6 is 0 Å². The Labute approximate surface area is 301 Å². The minimum absolute atomic E-state index is 0.111. The predicted octanol–water partition coefficient (Wildman–Crippen LogP) is 9.79. The third-order valence-electron chi connectivity index (χ3n) is 9.05. The zero-order valence-corrected chi connectivity index (χ0v) is 27.1. The molecular formula is C41H16F6N6O. The summed E-state index contributed by atoms with van der Waals surface area (Å²) in [4.78, 5) is 21.4. The molecule has 0 amide bonds. The van der Waals surface area contributed by atoms with Gasteiger partial charge in [0.2, 0.25) is 0 Å². The van der Waals surface area contributed by atoms with E-state index in [0.717, 1.165) is 12.1 Å². The summed E-state index contributed by atoms with van der Waals surface area (Å²) >= 11 is 0. The van der Waals surface area contributed by atoms with Crippen LogP contribution < -0.4 is 0 Å². The van der Waals surface area contributed by atoms with Gasteiger partial charge in [-0.2, -0.15) is 47.4 Å². The van der Waals surface area contributed by atoms with Crippen molar-refractivity contribution in [3.8, 4) is 69.0 Å². The summed E-state index contributed by atoms with van der Waals surface area (Å²) < 4.78 is 78.5. The molecule has 0 spiro atoms. The van der Waals surface area contributed by atoms with E-state index in [-0.39, 0.29) is 50.6 Å². The van der Waals surface area contributed by atoms with Gasteiger partial charge in [0, 0.05) is 27.8 Å². The fourth-order valence-electron chi connectivity index (χ4n) is 6.47. The van der Waals surface area contributed by atoms with Gasteiger partial charge >= 0.3 is 12.4 Å². The molecule has 0 saturated heterocycles. The molecule has 1 heterocycles. The topological polar surface area (TPSA) is 138 Å². The first-order valence-electron chi connectivity index (χ1n) is 15.6. The molecule has 4 aromatic carbocycles. The fraction of sp³-hybridized carbons (Fsp3) is 0.0488. The highest BCUT2D eigenvalue weighted by Gasteiger charge is 2.40. The van der Waals surface area contributed by atoms with Crippen molar-refractivity contribution < 1.29 is 31.1 Å². The number of alkyl halides is 6. The average molecular weight is 723 g/mol. The summed E-state index contributed by atoms with van der Waals surface area (Å²) in [6.07, 6.45) is -9.65. The summed E-state index contributed by atoms with van der Waals surface area (Å²) in [7, 11) is 0. The molecule has 1 aromatic heterocycles. The fourth-order valence-corrected chi connectivity index (χ4v) is 6.47. The van der Waals surface area contributed by atoms with E-state index in [0.29, 0.717) is 44.5 Å². The second-order valence-corrected chi connectivity index (χ2v) is 12.0. The van der Waals surface area contributed by atoms with Crippen molar-refractivity contribution in [1.29, 1.82) is 21.0 Å². The Hall–Kier alpha value is -7.61. The molecule has 0 radical (unpaired) electrons. The number of allylic oxidation sites excluding steroid dienone is 3. The number of hydrogen-bond donors (Lipinski definition) is 0. The van der Waals surface area contributed by atoms with Gasteiger partial charge in [0.05, 0.1) is 17.0 Å². The van der Waals surface area contributed by atoms with E-state index < -0.39 is 29.3 Å². The minimum atomic E-state index is -5.05. The van der Waals surface area contributed by atoms with Gasteiger partial charge in [-0.3, -0.25) is 4.79 Å². The number of nitrogens with zero attached hydrogens (tertiary/aromatic N) is 6. The van der Waals surface area contributed by atoms with E-state index in [2.05, 4.69) is 6.58 Å². The van der Waals surface area contributed by atoms with E-state index in [1.807, 2.05) is 24.3 Å². The highest BCUT2D eigenvalue weighted by atomic mass is 19.4. The van der Waals surface area contributed by atoms with Crippen LogP contribution in [0.15, 0.2) is 103 Å². The van der Waals surface area contributed by atoms with Crippen LogP contribution in [0.5, 0.6) is 0 Å². The average Bonchev–Trinajstić information content (AvgIpc) is 3.65. The van der Waals surface area contributed by atoms with Crippen molar-refractivity contribution in [2.45, 2.75) is 12.4 Å². The van der Waals surface area contributed by atoms with Gasteiger partial charge in [-0.05, 0) is 51.1 Å². The quantitative estimate of drug-likeness (QED) is 0.100. The number of rotatable bonds is 4. The summed E-state index contributed by atoms with van der Waals surface area (Å²) in [5, 5.41) is 40.0. The zero-order chi connectivity index (χ0) is 38.7. The number of ketones is 1. The lowest BCUT2D eigenvalue weighted by Crippen LogP contribution is -2.22. The molecule has 13 heteroatoms. The highest BCUT2D eigenvalue weighted by molar-refractivity contribution is 6.07. The van der Waals surface area contributed by atoms with Crippen LogP contribution in [-0.4, -0.2) is 28.1 Å². The maximum absolute atomic E-state index is 13.2. The van der Waals surface area contributed by atoms with Crippen LogP contribution in [0.1, 0.15) is 38.4 Å². The predicted molar refractivity (Wildman–Crippen MR) is 184 cm³/mol. The number of halogens is 6. The minimum Gasteiger partial charge on any atom is -0.284 e. The number of fused-ring (bicyclic) bond motifs is 6. The maximum atomic E-state index is 13.2. The van der Waals surface area contributed by atoms with E-state index >= 15 is 0 Å². The molecule has 0 saturated carbocycles. The summed E-state index contributed by atoms with van der Waals surface area (Å²) in [6.45, 7) is 3.13. The van der Waals surface area contributed by atoms with Crippen LogP contribution in [0.25, 0.3) is 61.5 Å². The van der Waals surface area contributed by atoms with E-state index in [4.69, 9.17) is 9.97 Å². The van der Waals surface area contributed by atoms with Crippen LogP contribution in [0.2, 0.25) is 0 Å². The number of hydrogen-bond acceptors (Lipinski definition) is 7. The molecular weight excluding hydrogens is 706 g/mol. The van der Waals surface area contributed by atoms with Crippen LogP contribution in [0.3, 0.4) is 0 Å². The van der Waals surface area contributed by atoms with Gasteiger partial charge in [-0.25, -0.2) is 9.97 Å². The first-order valence-corrected chi connectivity index (χ1v) is 15.6. The Bertz CT molecular complexity index is 2520. The third-order valence-corrected chi connectivity index (χ3v) is 9.05. The smallest absolute Gasteiger partial charge is 0.284 e. The van der Waals surface area contributed by atoms with Gasteiger partial charge in [0.25, 0.3) is 5.78 Å². The summed E-state index contributed by atoms with van der Waals surface area (Å²) in [5.74, 6) is -1.99. The standard InChI is InChI=1S/C41H16F6N6O/c1-20(40(42,43)44)21-2-4-22(5-3-21)25-10-12-29-31(14-25)33(27(16-48)17-49)37-35(29)52-38-34(28(18-50)19-51)32-15-26(11-13-30(32)36(38)53-37)23-6-8-24(9-7-23)39(54)41(45,46)47/h2-15H,1H2. The van der Waals surface area contributed by atoms with E-state index in [9.17, 15) is 52.2 Å². The molecule has 0 bridgehead atoms. The molecule has 5 aromatic rings. The molecule has 0 fully saturated rings. The Morgan fingerprint density at radius 3 is 1.22 bits per heavy atom. The van der Waals surface area contributed by atoms with Crippen molar-refractivity contribution in [3.63, 3.8) is 0 Å². The number of carbonyl (C=O) groups is 1. The van der Waals surface area contributed by atoms with Gasteiger partial charge in [-0.15, -0.1) is 0 Å².